The summed E-state index contributed by atoms with van der Waals surface area (Å²) in [5.41, 5.74) is 7.23. The molecule has 0 aliphatic carbocycles. The average Bonchev–Trinajstić information content (AvgIpc) is 2.99. The van der Waals surface area contributed by atoms with E-state index in [0.29, 0.717) is 38.1 Å². The molecule has 0 spiro atoms. The molecule has 4 rings (SSSR count). The molecule has 5 N–H and O–H groups in total. The lowest BCUT2D eigenvalue weighted by Gasteiger charge is -2.14. The van der Waals surface area contributed by atoms with Crippen molar-refractivity contribution in [3.8, 4) is 0 Å². The minimum atomic E-state index is -0.604. The molecule has 0 fully saturated rings. The van der Waals surface area contributed by atoms with Crippen LogP contribution in [0.25, 0.3) is 6.08 Å². The summed E-state index contributed by atoms with van der Waals surface area (Å²) >= 11 is 13.9. The van der Waals surface area contributed by atoms with Gasteiger partial charge in [0.25, 0.3) is 11.8 Å². The maximum atomic E-state index is 13.4. The van der Waals surface area contributed by atoms with E-state index in [2.05, 4.69) is 16.0 Å². The predicted octanol–water partition coefficient (Wildman–Crippen LogP) is 6.62. The van der Waals surface area contributed by atoms with Gasteiger partial charge in [-0.2, -0.15) is 0 Å². The Labute approximate surface area is 262 Å². The molecule has 0 saturated heterocycles. The minimum Gasteiger partial charge on any atom is -0.366 e. The zero-order chi connectivity index (χ0) is 30.9. The van der Waals surface area contributed by atoms with Crippen LogP contribution in [0.15, 0.2) is 108 Å². The van der Waals surface area contributed by atoms with Crippen molar-refractivity contribution < 1.29 is 19.2 Å². The Morgan fingerprint density at radius 1 is 0.767 bits per heavy atom. The molecule has 0 aliphatic heterocycles. The SMILES string of the molecule is CC(Sc1cccc(NC(=O)/C(=C\c2c(Cl)cccc2Cl)NC(=O)c2ccccc2)c1)C(=O)Nc1ccc(C(N)=O)cc1. The van der Waals surface area contributed by atoms with Crippen molar-refractivity contribution in [2.75, 3.05) is 10.6 Å². The Bertz CT molecular complexity index is 1680. The van der Waals surface area contributed by atoms with Crippen molar-refractivity contribution in [1.29, 1.82) is 0 Å². The van der Waals surface area contributed by atoms with Gasteiger partial charge >= 0.3 is 0 Å². The van der Waals surface area contributed by atoms with E-state index < -0.39 is 23.0 Å². The largest absolute Gasteiger partial charge is 0.366 e. The van der Waals surface area contributed by atoms with Gasteiger partial charge in [-0.3, -0.25) is 19.2 Å². The van der Waals surface area contributed by atoms with Gasteiger partial charge in [-0.1, -0.05) is 53.5 Å². The molecule has 1 atom stereocenters. The Balaban J connectivity index is 1.49. The minimum absolute atomic E-state index is 0.0722. The Morgan fingerprint density at radius 2 is 1.42 bits per heavy atom. The van der Waals surface area contributed by atoms with Crippen molar-refractivity contribution in [3.05, 3.63) is 129 Å². The number of halogens is 2. The first-order valence-electron chi connectivity index (χ1n) is 12.9. The average molecular weight is 634 g/mol. The van der Waals surface area contributed by atoms with Gasteiger partial charge in [0.05, 0.1) is 5.25 Å². The van der Waals surface area contributed by atoms with Crippen LogP contribution in [0.1, 0.15) is 33.2 Å². The summed E-state index contributed by atoms with van der Waals surface area (Å²) in [6.45, 7) is 1.75. The highest BCUT2D eigenvalue weighted by atomic mass is 35.5. The number of nitrogens with one attached hydrogen (secondary N) is 3. The molecule has 0 bridgehead atoms. The fourth-order valence-electron chi connectivity index (χ4n) is 3.80. The van der Waals surface area contributed by atoms with Crippen LogP contribution < -0.4 is 21.7 Å². The first kappa shape index (κ1) is 31.4. The molecule has 0 aromatic heterocycles. The number of benzene rings is 4. The van der Waals surface area contributed by atoms with Crippen molar-refractivity contribution in [2.45, 2.75) is 17.1 Å². The lowest BCUT2D eigenvalue weighted by molar-refractivity contribution is -0.115. The van der Waals surface area contributed by atoms with Gasteiger partial charge < -0.3 is 21.7 Å². The molecule has 0 heterocycles. The third kappa shape index (κ3) is 8.71. The summed E-state index contributed by atoms with van der Waals surface area (Å²) < 4.78 is 0. The third-order valence-corrected chi connectivity index (χ3v) is 7.78. The number of hydrogen-bond donors (Lipinski definition) is 4. The first-order chi connectivity index (χ1) is 20.6. The smallest absolute Gasteiger partial charge is 0.272 e. The molecule has 0 aliphatic rings. The zero-order valence-electron chi connectivity index (χ0n) is 22.8. The monoisotopic (exact) mass is 632 g/mol. The van der Waals surface area contributed by atoms with Gasteiger partial charge in [-0.05, 0) is 79.7 Å². The maximum Gasteiger partial charge on any atom is 0.272 e. The van der Waals surface area contributed by atoms with Crippen LogP contribution in [0.2, 0.25) is 10.0 Å². The lowest BCUT2D eigenvalue weighted by atomic mass is 10.1. The van der Waals surface area contributed by atoms with Gasteiger partial charge in [0.15, 0.2) is 0 Å². The van der Waals surface area contributed by atoms with Crippen LogP contribution in [0.5, 0.6) is 0 Å². The zero-order valence-corrected chi connectivity index (χ0v) is 25.1. The summed E-state index contributed by atoms with van der Waals surface area (Å²) in [6.07, 6.45) is 1.42. The molecule has 43 heavy (non-hydrogen) atoms. The number of carbonyl (C=O) groups excluding carboxylic acids is 4. The molecule has 4 aromatic carbocycles. The van der Waals surface area contributed by atoms with Gasteiger partial charge in [0.1, 0.15) is 5.70 Å². The standard InChI is InChI=1S/C32H26Cl2N4O4S/c1-19(30(40)36-22-15-13-20(14-16-22)29(35)39)43-24-10-5-9-23(17-24)37-32(42)28(18-25-26(33)11-6-12-27(25)34)38-31(41)21-7-3-2-4-8-21/h2-19H,1H3,(H2,35,39)(H,36,40)(H,37,42)(H,38,41)/b28-18+. The fourth-order valence-corrected chi connectivity index (χ4v) is 5.23. The highest BCUT2D eigenvalue weighted by Crippen LogP contribution is 2.28. The second-order valence-electron chi connectivity index (χ2n) is 9.19. The number of carbonyl (C=O) groups is 4. The van der Waals surface area contributed by atoms with E-state index in [9.17, 15) is 19.2 Å². The van der Waals surface area contributed by atoms with Gasteiger partial charge in [0, 0.05) is 43.0 Å². The Hall–Kier alpha value is -4.57. The number of anilines is 2. The van der Waals surface area contributed by atoms with Crippen molar-refractivity contribution in [3.63, 3.8) is 0 Å². The molecule has 4 aromatic rings. The van der Waals surface area contributed by atoms with Crippen LogP contribution in [0.3, 0.4) is 0 Å². The molecular formula is C32H26Cl2N4O4S. The predicted molar refractivity (Wildman–Crippen MR) is 172 cm³/mol. The number of thioether (sulfide) groups is 1. The van der Waals surface area contributed by atoms with E-state index in [1.54, 1.807) is 85.8 Å². The van der Waals surface area contributed by atoms with E-state index in [1.807, 2.05) is 6.07 Å². The van der Waals surface area contributed by atoms with E-state index >= 15 is 0 Å². The maximum absolute atomic E-state index is 13.4. The summed E-state index contributed by atoms with van der Waals surface area (Å²) in [5.74, 6) is -1.90. The molecule has 8 nitrogen and oxygen atoms in total. The second-order valence-corrected chi connectivity index (χ2v) is 11.4. The number of primary amides is 1. The van der Waals surface area contributed by atoms with Gasteiger partial charge in [-0.15, -0.1) is 11.8 Å². The molecule has 0 radical (unpaired) electrons. The molecule has 4 amide bonds. The summed E-state index contributed by atoms with van der Waals surface area (Å²) in [7, 11) is 0. The van der Waals surface area contributed by atoms with Gasteiger partial charge in [-0.25, -0.2) is 0 Å². The van der Waals surface area contributed by atoms with Crippen LogP contribution in [-0.2, 0) is 9.59 Å². The van der Waals surface area contributed by atoms with E-state index in [-0.39, 0.29) is 11.6 Å². The first-order valence-corrected chi connectivity index (χ1v) is 14.5. The normalized spacial score (nSPS) is 11.7. The molecular weight excluding hydrogens is 607 g/mol. The van der Waals surface area contributed by atoms with Gasteiger partial charge in [0.2, 0.25) is 11.8 Å². The van der Waals surface area contributed by atoms with E-state index in [0.717, 1.165) is 4.90 Å². The second kappa shape index (κ2) is 14.6. The molecule has 0 saturated carbocycles. The van der Waals surface area contributed by atoms with Crippen LogP contribution >= 0.6 is 35.0 Å². The Morgan fingerprint density at radius 3 is 2.07 bits per heavy atom. The molecule has 11 heteroatoms. The van der Waals surface area contributed by atoms with E-state index in [1.165, 1.54) is 30.0 Å². The number of amides is 4. The number of nitrogens with two attached hydrogens (primary N) is 1. The third-order valence-electron chi connectivity index (χ3n) is 6.03. The van der Waals surface area contributed by atoms with Crippen molar-refractivity contribution in [1.82, 2.24) is 5.32 Å². The molecule has 218 valence electrons. The van der Waals surface area contributed by atoms with Crippen LogP contribution in [0.4, 0.5) is 11.4 Å². The van der Waals surface area contributed by atoms with Crippen LogP contribution in [0, 0.1) is 0 Å². The van der Waals surface area contributed by atoms with Crippen LogP contribution in [-0.4, -0.2) is 28.9 Å². The fraction of sp³-hybridized carbons (Fsp3) is 0.0625. The highest BCUT2D eigenvalue weighted by molar-refractivity contribution is 8.00. The lowest BCUT2D eigenvalue weighted by Crippen LogP contribution is -2.30. The quantitative estimate of drug-likeness (QED) is 0.115. The van der Waals surface area contributed by atoms with Crippen molar-refractivity contribution >= 4 is 76.0 Å². The number of hydrogen-bond acceptors (Lipinski definition) is 5. The Kier molecular flexibility index (Phi) is 10.6. The summed E-state index contributed by atoms with van der Waals surface area (Å²) in [4.78, 5) is 51.1. The number of rotatable bonds is 10. The van der Waals surface area contributed by atoms with Crippen molar-refractivity contribution in [2.24, 2.45) is 5.73 Å². The summed E-state index contributed by atoms with van der Waals surface area (Å²) in [6, 6.07) is 26.6. The highest BCUT2D eigenvalue weighted by Gasteiger charge is 2.18. The van der Waals surface area contributed by atoms with E-state index in [4.69, 9.17) is 28.9 Å². The molecule has 1 unspecified atom stereocenters. The summed E-state index contributed by atoms with van der Waals surface area (Å²) in [5, 5.41) is 8.38. The topological polar surface area (TPSA) is 130 Å².